The van der Waals surface area contributed by atoms with E-state index >= 15 is 0 Å². The van der Waals surface area contributed by atoms with Gasteiger partial charge in [-0.2, -0.15) is 0 Å². The highest BCUT2D eigenvalue weighted by Gasteiger charge is 2.19. The van der Waals surface area contributed by atoms with Crippen LogP contribution in [0, 0.1) is 5.82 Å². The first-order chi connectivity index (χ1) is 10.1. The number of halogens is 1. The van der Waals surface area contributed by atoms with E-state index in [2.05, 4.69) is 0 Å². The SMILES string of the molecule is C[C@@H]1Cc2cc(C(=O)/C=C\c3ccc(F)cc3)ccc2O1. The second kappa shape index (κ2) is 5.52. The summed E-state index contributed by atoms with van der Waals surface area (Å²) < 4.78 is 18.4. The van der Waals surface area contributed by atoms with E-state index in [0.29, 0.717) is 5.56 Å². The third-order valence-corrected chi connectivity index (χ3v) is 3.48. The van der Waals surface area contributed by atoms with Crippen LogP contribution < -0.4 is 4.74 Å². The molecule has 0 N–H and O–H groups in total. The minimum atomic E-state index is -0.286. The van der Waals surface area contributed by atoms with Gasteiger partial charge >= 0.3 is 0 Å². The van der Waals surface area contributed by atoms with Crippen LogP contribution in [-0.2, 0) is 6.42 Å². The normalized spacial score (nSPS) is 16.8. The first-order valence-electron chi connectivity index (χ1n) is 6.89. The molecule has 0 saturated heterocycles. The van der Waals surface area contributed by atoms with Crippen molar-refractivity contribution in [3.8, 4) is 5.75 Å². The summed E-state index contributed by atoms with van der Waals surface area (Å²) in [5.41, 5.74) is 2.51. The molecule has 0 aromatic heterocycles. The van der Waals surface area contributed by atoms with Crippen LogP contribution in [0.25, 0.3) is 6.08 Å². The Morgan fingerprint density at radius 2 is 2.00 bits per heavy atom. The third kappa shape index (κ3) is 3.02. The Hall–Kier alpha value is -2.42. The summed E-state index contributed by atoms with van der Waals surface area (Å²) in [6, 6.07) is 11.5. The molecule has 1 heterocycles. The molecule has 2 aromatic rings. The van der Waals surface area contributed by atoms with Crippen molar-refractivity contribution < 1.29 is 13.9 Å². The van der Waals surface area contributed by atoms with Gasteiger partial charge in [0.05, 0.1) is 0 Å². The van der Waals surface area contributed by atoms with Crippen LogP contribution >= 0.6 is 0 Å². The van der Waals surface area contributed by atoms with E-state index < -0.39 is 0 Å². The standard InChI is InChI=1S/C18H15FO2/c1-12-10-15-11-14(5-9-18(15)21-12)17(20)8-4-13-2-6-16(19)7-3-13/h2-9,11-12H,10H2,1H3/b8-4-/t12-/m1/s1. The Kier molecular flexibility index (Phi) is 3.57. The Morgan fingerprint density at radius 1 is 1.24 bits per heavy atom. The smallest absolute Gasteiger partial charge is 0.185 e. The molecule has 0 aliphatic carbocycles. The number of allylic oxidation sites excluding steroid dienone is 1. The molecule has 0 radical (unpaired) electrons. The van der Waals surface area contributed by atoms with E-state index in [0.717, 1.165) is 23.3 Å². The summed E-state index contributed by atoms with van der Waals surface area (Å²) in [7, 11) is 0. The van der Waals surface area contributed by atoms with Crippen LogP contribution in [0.15, 0.2) is 48.5 Å². The van der Waals surface area contributed by atoms with Crippen molar-refractivity contribution in [2.24, 2.45) is 0 Å². The average Bonchev–Trinajstić information content (AvgIpc) is 2.85. The lowest BCUT2D eigenvalue weighted by atomic mass is 10.0. The van der Waals surface area contributed by atoms with Crippen LogP contribution in [0.2, 0.25) is 0 Å². The van der Waals surface area contributed by atoms with Crippen molar-refractivity contribution in [2.75, 3.05) is 0 Å². The number of ketones is 1. The Balaban J connectivity index is 1.77. The highest BCUT2D eigenvalue weighted by molar-refractivity contribution is 6.07. The van der Waals surface area contributed by atoms with Crippen LogP contribution in [-0.4, -0.2) is 11.9 Å². The molecule has 1 atom stereocenters. The van der Waals surface area contributed by atoms with E-state index in [1.165, 1.54) is 18.2 Å². The highest BCUT2D eigenvalue weighted by Crippen LogP contribution is 2.29. The van der Waals surface area contributed by atoms with Crippen molar-refractivity contribution in [1.82, 2.24) is 0 Å². The fourth-order valence-corrected chi connectivity index (χ4v) is 2.42. The molecule has 0 bridgehead atoms. The van der Waals surface area contributed by atoms with Crippen molar-refractivity contribution in [3.63, 3.8) is 0 Å². The number of hydrogen-bond acceptors (Lipinski definition) is 2. The number of hydrogen-bond donors (Lipinski definition) is 0. The fourth-order valence-electron chi connectivity index (χ4n) is 2.42. The van der Waals surface area contributed by atoms with Gasteiger partial charge in [0, 0.05) is 12.0 Å². The maximum Gasteiger partial charge on any atom is 0.185 e. The van der Waals surface area contributed by atoms with Gasteiger partial charge in [-0.3, -0.25) is 4.79 Å². The Bertz CT molecular complexity index is 702. The summed E-state index contributed by atoms with van der Waals surface area (Å²) in [6.45, 7) is 2.01. The summed E-state index contributed by atoms with van der Waals surface area (Å²) in [5.74, 6) is 0.509. The van der Waals surface area contributed by atoms with Gasteiger partial charge < -0.3 is 4.74 Å². The van der Waals surface area contributed by atoms with Gasteiger partial charge in [0.1, 0.15) is 17.7 Å². The molecule has 106 valence electrons. The maximum absolute atomic E-state index is 12.8. The molecule has 0 spiro atoms. The van der Waals surface area contributed by atoms with Crippen molar-refractivity contribution >= 4 is 11.9 Å². The Labute approximate surface area is 122 Å². The molecule has 3 rings (SSSR count). The summed E-state index contributed by atoms with van der Waals surface area (Å²) in [5, 5.41) is 0. The van der Waals surface area contributed by atoms with Crippen LogP contribution in [0.1, 0.15) is 28.4 Å². The molecule has 0 fully saturated rings. The molecule has 2 nitrogen and oxygen atoms in total. The highest BCUT2D eigenvalue weighted by atomic mass is 19.1. The van der Waals surface area contributed by atoms with E-state index in [1.54, 1.807) is 24.3 Å². The first kappa shape index (κ1) is 13.6. The van der Waals surface area contributed by atoms with Gasteiger partial charge in [-0.05, 0) is 54.5 Å². The van der Waals surface area contributed by atoms with Gasteiger partial charge in [0.2, 0.25) is 0 Å². The Morgan fingerprint density at radius 3 is 2.76 bits per heavy atom. The minimum Gasteiger partial charge on any atom is -0.490 e. The predicted molar refractivity (Wildman–Crippen MR) is 80.0 cm³/mol. The molecule has 0 unspecified atom stereocenters. The molecule has 0 amide bonds. The number of fused-ring (bicyclic) bond motifs is 1. The molecule has 2 aromatic carbocycles. The maximum atomic E-state index is 12.8. The molecule has 1 aliphatic rings. The van der Waals surface area contributed by atoms with E-state index in [-0.39, 0.29) is 17.7 Å². The zero-order valence-corrected chi connectivity index (χ0v) is 11.7. The summed E-state index contributed by atoms with van der Waals surface area (Å²) >= 11 is 0. The second-order valence-electron chi connectivity index (χ2n) is 5.20. The fraction of sp³-hybridized carbons (Fsp3) is 0.167. The van der Waals surface area contributed by atoms with Crippen LogP contribution in [0.3, 0.4) is 0 Å². The number of carbonyl (C=O) groups excluding carboxylic acids is 1. The van der Waals surface area contributed by atoms with E-state index in [1.807, 2.05) is 19.1 Å². The van der Waals surface area contributed by atoms with E-state index in [4.69, 9.17) is 4.74 Å². The third-order valence-electron chi connectivity index (χ3n) is 3.48. The first-order valence-corrected chi connectivity index (χ1v) is 6.89. The summed E-state index contributed by atoms with van der Waals surface area (Å²) in [6.07, 6.45) is 4.19. The number of ether oxygens (including phenoxy) is 1. The van der Waals surface area contributed by atoms with Crippen molar-refractivity contribution in [1.29, 1.82) is 0 Å². The van der Waals surface area contributed by atoms with Gasteiger partial charge in [0.15, 0.2) is 5.78 Å². The molecular weight excluding hydrogens is 267 g/mol. The van der Waals surface area contributed by atoms with Crippen molar-refractivity contribution in [3.05, 3.63) is 71.0 Å². The zero-order chi connectivity index (χ0) is 14.8. The lowest BCUT2D eigenvalue weighted by Crippen LogP contribution is -2.05. The predicted octanol–water partition coefficient (Wildman–Crippen LogP) is 4.05. The quantitative estimate of drug-likeness (QED) is 0.627. The topological polar surface area (TPSA) is 26.3 Å². The van der Waals surface area contributed by atoms with Gasteiger partial charge in [-0.25, -0.2) is 4.39 Å². The van der Waals surface area contributed by atoms with Gasteiger partial charge in [-0.15, -0.1) is 0 Å². The summed E-state index contributed by atoms with van der Waals surface area (Å²) in [4.78, 5) is 12.2. The molecule has 21 heavy (non-hydrogen) atoms. The van der Waals surface area contributed by atoms with Gasteiger partial charge in [0.25, 0.3) is 0 Å². The molecule has 0 saturated carbocycles. The van der Waals surface area contributed by atoms with Crippen LogP contribution in [0.4, 0.5) is 4.39 Å². The minimum absolute atomic E-state index is 0.0679. The lowest BCUT2D eigenvalue weighted by molar-refractivity contribution is 0.104. The molecule has 1 aliphatic heterocycles. The zero-order valence-electron chi connectivity index (χ0n) is 11.7. The van der Waals surface area contributed by atoms with Crippen molar-refractivity contribution in [2.45, 2.75) is 19.4 Å². The number of carbonyl (C=O) groups is 1. The second-order valence-corrected chi connectivity index (χ2v) is 5.20. The van der Waals surface area contributed by atoms with Crippen LogP contribution in [0.5, 0.6) is 5.75 Å². The molecular formula is C18H15FO2. The monoisotopic (exact) mass is 282 g/mol. The van der Waals surface area contributed by atoms with Gasteiger partial charge in [-0.1, -0.05) is 18.2 Å². The average molecular weight is 282 g/mol. The van der Waals surface area contributed by atoms with E-state index in [9.17, 15) is 9.18 Å². The molecule has 3 heteroatoms. The largest absolute Gasteiger partial charge is 0.490 e. The lowest BCUT2D eigenvalue weighted by Gasteiger charge is -2.02. The number of rotatable bonds is 3. The number of benzene rings is 2.